The molecule has 2 N–H and O–H groups in total. The number of hydrogen-bond acceptors (Lipinski definition) is 5. The molecule has 0 radical (unpaired) electrons. The summed E-state index contributed by atoms with van der Waals surface area (Å²) < 4.78 is 5.03. The summed E-state index contributed by atoms with van der Waals surface area (Å²) in [6, 6.07) is 1.40. The Hall–Kier alpha value is -2.11. The fourth-order valence-corrected chi connectivity index (χ4v) is 1.40. The molecule has 2 heterocycles. The van der Waals surface area contributed by atoms with Gasteiger partial charge in [0, 0.05) is 18.2 Å². The van der Waals surface area contributed by atoms with Gasteiger partial charge in [0.25, 0.3) is 5.56 Å². The van der Waals surface area contributed by atoms with Crippen molar-refractivity contribution in [2.75, 3.05) is 5.32 Å². The van der Waals surface area contributed by atoms with E-state index in [1.165, 1.54) is 12.4 Å². The molecule has 0 saturated carbocycles. The molecule has 0 bridgehead atoms. The number of H-pyrrole nitrogens is 1. The Bertz CT molecular complexity index is 524. The van der Waals surface area contributed by atoms with Crippen LogP contribution in [0.2, 0.25) is 0 Å². The van der Waals surface area contributed by atoms with Crippen LogP contribution in [0.25, 0.3) is 0 Å². The van der Waals surface area contributed by atoms with Crippen LogP contribution in [0, 0.1) is 13.8 Å². The smallest absolute Gasteiger partial charge is 0.252 e. The molecule has 0 aliphatic carbocycles. The largest absolute Gasteiger partial charge is 0.366 e. The van der Waals surface area contributed by atoms with E-state index >= 15 is 0 Å². The predicted octanol–water partition coefficient (Wildman–Crippen LogP) is 0.987. The molecular formula is C10H12N4O2. The number of aromatic amines is 1. The van der Waals surface area contributed by atoms with Gasteiger partial charge in [-0.25, -0.2) is 4.98 Å². The highest BCUT2D eigenvalue weighted by atomic mass is 16.5. The summed E-state index contributed by atoms with van der Waals surface area (Å²) >= 11 is 0. The summed E-state index contributed by atoms with van der Waals surface area (Å²) in [7, 11) is 0. The Labute approximate surface area is 91.7 Å². The maximum absolute atomic E-state index is 11.0. The van der Waals surface area contributed by atoms with Crippen molar-refractivity contribution in [1.82, 2.24) is 15.1 Å². The van der Waals surface area contributed by atoms with Crippen LogP contribution < -0.4 is 10.9 Å². The Balaban J connectivity index is 2.11. The molecule has 2 aromatic heterocycles. The molecule has 0 saturated heterocycles. The molecule has 0 aliphatic rings. The summed E-state index contributed by atoms with van der Waals surface area (Å²) in [5, 5.41) is 6.88. The van der Waals surface area contributed by atoms with Gasteiger partial charge in [0.1, 0.15) is 11.6 Å². The molecule has 84 valence electrons. The average Bonchev–Trinajstić information content (AvgIpc) is 2.56. The van der Waals surface area contributed by atoms with Crippen LogP contribution in [0.4, 0.5) is 5.82 Å². The van der Waals surface area contributed by atoms with Gasteiger partial charge in [0.15, 0.2) is 0 Å². The van der Waals surface area contributed by atoms with E-state index in [4.69, 9.17) is 4.52 Å². The van der Waals surface area contributed by atoms with E-state index in [0.29, 0.717) is 12.4 Å². The maximum Gasteiger partial charge on any atom is 0.252 e. The molecule has 0 amide bonds. The summed E-state index contributed by atoms with van der Waals surface area (Å²) in [4.78, 5) is 17.4. The zero-order chi connectivity index (χ0) is 11.5. The molecule has 0 atom stereocenters. The number of nitrogens with zero attached hydrogens (tertiary/aromatic N) is 2. The second-order valence-electron chi connectivity index (χ2n) is 3.45. The third-order valence-corrected chi connectivity index (χ3v) is 2.31. The van der Waals surface area contributed by atoms with E-state index in [2.05, 4.69) is 20.4 Å². The molecule has 16 heavy (non-hydrogen) atoms. The van der Waals surface area contributed by atoms with Crippen molar-refractivity contribution in [2.45, 2.75) is 20.4 Å². The Kier molecular flexibility index (Phi) is 2.72. The van der Waals surface area contributed by atoms with Gasteiger partial charge in [-0.1, -0.05) is 5.16 Å². The first kappa shape index (κ1) is 10.4. The van der Waals surface area contributed by atoms with Crippen LogP contribution in [-0.4, -0.2) is 15.1 Å². The van der Waals surface area contributed by atoms with E-state index < -0.39 is 0 Å². The highest BCUT2D eigenvalue weighted by Gasteiger charge is 2.08. The molecule has 0 spiro atoms. The lowest BCUT2D eigenvalue weighted by atomic mass is 10.2. The topological polar surface area (TPSA) is 83.8 Å². The first-order chi connectivity index (χ1) is 7.66. The summed E-state index contributed by atoms with van der Waals surface area (Å²) in [5.41, 5.74) is 1.65. The van der Waals surface area contributed by atoms with Crippen LogP contribution in [-0.2, 0) is 6.54 Å². The molecule has 0 aliphatic heterocycles. The molecule has 0 aromatic carbocycles. The lowest BCUT2D eigenvalue weighted by Gasteiger charge is -2.03. The van der Waals surface area contributed by atoms with Crippen molar-refractivity contribution in [2.24, 2.45) is 0 Å². The summed E-state index contributed by atoms with van der Waals surface area (Å²) in [6.07, 6.45) is 1.36. The molecule has 2 aromatic rings. The number of nitrogens with one attached hydrogen (secondary N) is 2. The lowest BCUT2D eigenvalue weighted by molar-refractivity contribution is 0.392. The quantitative estimate of drug-likeness (QED) is 0.805. The predicted molar refractivity (Wildman–Crippen MR) is 58.2 cm³/mol. The minimum absolute atomic E-state index is 0.184. The Morgan fingerprint density at radius 1 is 1.50 bits per heavy atom. The van der Waals surface area contributed by atoms with Crippen molar-refractivity contribution >= 4 is 5.82 Å². The highest BCUT2D eigenvalue weighted by molar-refractivity contribution is 5.34. The number of hydrogen-bond donors (Lipinski definition) is 2. The van der Waals surface area contributed by atoms with Gasteiger partial charge in [0.2, 0.25) is 0 Å². The molecular weight excluding hydrogens is 208 g/mol. The van der Waals surface area contributed by atoms with Crippen molar-refractivity contribution in [3.63, 3.8) is 0 Å². The minimum Gasteiger partial charge on any atom is -0.366 e. The average molecular weight is 220 g/mol. The first-order valence-corrected chi connectivity index (χ1v) is 4.87. The maximum atomic E-state index is 11.0. The number of aryl methyl sites for hydroxylation is 2. The SMILES string of the molecule is Cc1noc(C)c1CNc1cc(=O)[nH]cn1. The zero-order valence-corrected chi connectivity index (χ0v) is 9.07. The van der Waals surface area contributed by atoms with Crippen molar-refractivity contribution in [3.05, 3.63) is 39.8 Å². The molecule has 0 unspecified atom stereocenters. The summed E-state index contributed by atoms with van der Waals surface area (Å²) in [6.45, 7) is 4.26. The van der Waals surface area contributed by atoms with E-state index in [9.17, 15) is 4.79 Å². The van der Waals surface area contributed by atoms with Gasteiger partial charge < -0.3 is 14.8 Å². The highest BCUT2D eigenvalue weighted by Crippen LogP contribution is 2.13. The van der Waals surface area contributed by atoms with E-state index in [0.717, 1.165) is 17.0 Å². The van der Waals surface area contributed by atoms with E-state index in [1.54, 1.807) is 0 Å². The monoisotopic (exact) mass is 220 g/mol. The lowest BCUT2D eigenvalue weighted by Crippen LogP contribution is -2.09. The zero-order valence-electron chi connectivity index (χ0n) is 9.07. The fourth-order valence-electron chi connectivity index (χ4n) is 1.40. The minimum atomic E-state index is -0.184. The third kappa shape index (κ3) is 2.10. The van der Waals surface area contributed by atoms with Gasteiger partial charge in [-0.2, -0.15) is 0 Å². The van der Waals surface area contributed by atoms with Gasteiger partial charge >= 0.3 is 0 Å². The van der Waals surface area contributed by atoms with Gasteiger partial charge in [-0.3, -0.25) is 4.79 Å². The molecule has 6 heteroatoms. The van der Waals surface area contributed by atoms with Crippen LogP contribution in [0.1, 0.15) is 17.0 Å². The fraction of sp³-hybridized carbons (Fsp3) is 0.300. The second kappa shape index (κ2) is 4.18. The first-order valence-electron chi connectivity index (χ1n) is 4.87. The Morgan fingerprint density at radius 2 is 2.31 bits per heavy atom. The molecule has 0 fully saturated rings. The van der Waals surface area contributed by atoms with Gasteiger partial charge in [0.05, 0.1) is 12.0 Å². The number of anilines is 1. The van der Waals surface area contributed by atoms with Crippen molar-refractivity contribution < 1.29 is 4.52 Å². The van der Waals surface area contributed by atoms with Crippen LogP contribution in [0.5, 0.6) is 0 Å². The normalized spacial score (nSPS) is 10.4. The standard InChI is InChI=1S/C10H12N4O2/c1-6-8(7(2)16-14-6)4-11-9-3-10(15)13-5-12-9/h3,5H,4H2,1-2H3,(H2,11,12,13,15). The van der Waals surface area contributed by atoms with E-state index in [-0.39, 0.29) is 5.56 Å². The van der Waals surface area contributed by atoms with Crippen LogP contribution in [0.3, 0.4) is 0 Å². The molecule has 6 nitrogen and oxygen atoms in total. The third-order valence-electron chi connectivity index (χ3n) is 2.31. The van der Waals surface area contributed by atoms with Gasteiger partial charge in [-0.05, 0) is 13.8 Å². The van der Waals surface area contributed by atoms with Crippen molar-refractivity contribution in [1.29, 1.82) is 0 Å². The molecule has 2 rings (SSSR count). The van der Waals surface area contributed by atoms with Crippen LogP contribution >= 0.6 is 0 Å². The second-order valence-corrected chi connectivity index (χ2v) is 3.45. The number of aromatic nitrogens is 3. The Morgan fingerprint density at radius 3 is 2.94 bits per heavy atom. The van der Waals surface area contributed by atoms with E-state index in [1.807, 2.05) is 13.8 Å². The summed E-state index contributed by atoms with van der Waals surface area (Å²) in [5.74, 6) is 1.30. The van der Waals surface area contributed by atoms with Crippen LogP contribution in [0.15, 0.2) is 21.7 Å². The van der Waals surface area contributed by atoms with Crippen molar-refractivity contribution in [3.8, 4) is 0 Å². The number of rotatable bonds is 3. The van der Waals surface area contributed by atoms with Gasteiger partial charge in [-0.15, -0.1) is 0 Å².